The van der Waals surface area contributed by atoms with Crippen LogP contribution in [0, 0.1) is 5.92 Å². The van der Waals surface area contributed by atoms with Crippen molar-refractivity contribution < 1.29 is 0 Å². The standard InChI is InChI=1S/C8H14N4/c1-8(2,6-3-4-6)12-5-10-7(9)11-12/h5-6H,3-4H2,1-2H3,(H2,9,11). The summed E-state index contributed by atoms with van der Waals surface area (Å²) < 4.78 is 1.88. The van der Waals surface area contributed by atoms with Crippen LogP contribution in [-0.2, 0) is 5.54 Å². The van der Waals surface area contributed by atoms with Crippen molar-refractivity contribution in [3.63, 3.8) is 0 Å². The lowest BCUT2D eigenvalue weighted by atomic mass is 9.99. The van der Waals surface area contributed by atoms with Gasteiger partial charge in [0.25, 0.3) is 0 Å². The normalized spacial score (nSPS) is 18.2. The zero-order valence-corrected chi connectivity index (χ0v) is 7.49. The molecule has 4 nitrogen and oxygen atoms in total. The van der Waals surface area contributed by atoms with E-state index in [0.717, 1.165) is 5.92 Å². The van der Waals surface area contributed by atoms with Crippen molar-refractivity contribution in [2.24, 2.45) is 5.92 Å². The molecule has 0 aromatic carbocycles. The number of nitrogens with two attached hydrogens (primary N) is 1. The minimum Gasteiger partial charge on any atom is -0.367 e. The van der Waals surface area contributed by atoms with E-state index in [9.17, 15) is 0 Å². The van der Waals surface area contributed by atoms with Gasteiger partial charge < -0.3 is 5.73 Å². The predicted molar refractivity (Wildman–Crippen MR) is 46.5 cm³/mol. The average molecular weight is 166 g/mol. The van der Waals surface area contributed by atoms with E-state index < -0.39 is 0 Å². The molecule has 1 heterocycles. The van der Waals surface area contributed by atoms with Crippen LogP contribution in [0.1, 0.15) is 26.7 Å². The summed E-state index contributed by atoms with van der Waals surface area (Å²) in [5.41, 5.74) is 5.54. The van der Waals surface area contributed by atoms with Gasteiger partial charge in [-0.3, -0.25) is 0 Å². The highest BCUT2D eigenvalue weighted by Gasteiger charge is 2.39. The molecule has 1 aliphatic rings. The van der Waals surface area contributed by atoms with E-state index in [2.05, 4.69) is 23.9 Å². The number of hydrogen-bond acceptors (Lipinski definition) is 3. The van der Waals surface area contributed by atoms with Crippen LogP contribution in [-0.4, -0.2) is 14.8 Å². The van der Waals surface area contributed by atoms with Crippen molar-refractivity contribution in [2.75, 3.05) is 5.73 Å². The predicted octanol–water partition coefficient (Wildman–Crippen LogP) is 1.01. The Hall–Kier alpha value is -1.06. The maximum Gasteiger partial charge on any atom is 0.239 e. The molecular weight excluding hydrogens is 152 g/mol. The third kappa shape index (κ3) is 1.07. The number of nitrogens with zero attached hydrogens (tertiary/aromatic N) is 3. The summed E-state index contributed by atoms with van der Waals surface area (Å²) in [7, 11) is 0. The highest BCUT2D eigenvalue weighted by atomic mass is 15.4. The largest absolute Gasteiger partial charge is 0.367 e. The summed E-state index contributed by atoms with van der Waals surface area (Å²) in [5, 5.41) is 4.13. The molecule has 1 saturated carbocycles. The third-order valence-corrected chi connectivity index (χ3v) is 2.68. The molecule has 66 valence electrons. The second-order valence-electron chi connectivity index (χ2n) is 3.98. The van der Waals surface area contributed by atoms with Gasteiger partial charge in [0.15, 0.2) is 0 Å². The van der Waals surface area contributed by atoms with Gasteiger partial charge in [0, 0.05) is 0 Å². The fraction of sp³-hybridized carbons (Fsp3) is 0.750. The van der Waals surface area contributed by atoms with E-state index in [1.54, 1.807) is 6.33 Å². The van der Waals surface area contributed by atoms with E-state index in [0.29, 0.717) is 5.95 Å². The topological polar surface area (TPSA) is 56.7 Å². The van der Waals surface area contributed by atoms with Gasteiger partial charge >= 0.3 is 0 Å². The Labute approximate surface area is 71.8 Å². The zero-order valence-electron chi connectivity index (χ0n) is 7.49. The molecule has 0 saturated heterocycles. The minimum absolute atomic E-state index is 0.0879. The lowest BCUT2D eigenvalue weighted by Crippen LogP contribution is -2.29. The van der Waals surface area contributed by atoms with Crippen molar-refractivity contribution >= 4 is 5.95 Å². The highest BCUT2D eigenvalue weighted by Crippen LogP contribution is 2.43. The Balaban J connectivity index is 2.27. The first-order chi connectivity index (χ1) is 5.60. The van der Waals surface area contributed by atoms with Crippen LogP contribution in [0.5, 0.6) is 0 Å². The molecule has 0 spiro atoms. The molecule has 1 aliphatic carbocycles. The number of nitrogen functional groups attached to an aromatic ring is 1. The second kappa shape index (κ2) is 2.21. The van der Waals surface area contributed by atoms with Crippen molar-refractivity contribution in [1.29, 1.82) is 0 Å². The molecule has 1 fully saturated rings. The first-order valence-electron chi connectivity index (χ1n) is 4.28. The lowest BCUT2D eigenvalue weighted by Gasteiger charge is -2.23. The van der Waals surface area contributed by atoms with Crippen molar-refractivity contribution in [3.05, 3.63) is 6.33 Å². The molecule has 0 bridgehead atoms. The summed E-state index contributed by atoms with van der Waals surface area (Å²) in [6.07, 6.45) is 4.31. The molecular formula is C8H14N4. The fourth-order valence-electron chi connectivity index (χ4n) is 1.53. The maximum absolute atomic E-state index is 5.45. The summed E-state index contributed by atoms with van der Waals surface area (Å²) in [4.78, 5) is 3.92. The molecule has 4 heteroatoms. The van der Waals surface area contributed by atoms with Gasteiger partial charge in [0.05, 0.1) is 5.54 Å². The average Bonchev–Trinajstić information content (AvgIpc) is 2.75. The molecule has 0 radical (unpaired) electrons. The Morgan fingerprint density at radius 2 is 2.25 bits per heavy atom. The molecule has 12 heavy (non-hydrogen) atoms. The molecule has 1 aromatic rings. The first kappa shape index (κ1) is 7.58. The SMILES string of the molecule is CC(C)(C1CC1)n1cnc(N)n1. The number of hydrogen-bond donors (Lipinski definition) is 1. The van der Waals surface area contributed by atoms with Gasteiger partial charge in [-0.05, 0) is 32.6 Å². The Kier molecular flexibility index (Phi) is 1.40. The summed E-state index contributed by atoms with van der Waals surface area (Å²) in [6.45, 7) is 4.36. The molecule has 0 aliphatic heterocycles. The molecule has 2 rings (SSSR count). The molecule has 1 aromatic heterocycles. The van der Waals surface area contributed by atoms with Crippen LogP contribution in [0.4, 0.5) is 5.95 Å². The van der Waals surface area contributed by atoms with Crippen LogP contribution in [0.2, 0.25) is 0 Å². The van der Waals surface area contributed by atoms with Crippen LogP contribution in [0.3, 0.4) is 0 Å². The van der Waals surface area contributed by atoms with E-state index in [1.807, 2.05) is 4.68 Å². The van der Waals surface area contributed by atoms with Gasteiger partial charge in [0.1, 0.15) is 6.33 Å². The second-order valence-corrected chi connectivity index (χ2v) is 3.98. The van der Waals surface area contributed by atoms with Gasteiger partial charge in [-0.15, -0.1) is 5.10 Å². The van der Waals surface area contributed by atoms with E-state index in [-0.39, 0.29) is 5.54 Å². The molecule has 2 N–H and O–H groups in total. The van der Waals surface area contributed by atoms with Crippen LogP contribution < -0.4 is 5.73 Å². The summed E-state index contributed by atoms with van der Waals surface area (Å²) in [6, 6.07) is 0. The first-order valence-corrected chi connectivity index (χ1v) is 4.28. The smallest absolute Gasteiger partial charge is 0.239 e. The van der Waals surface area contributed by atoms with Crippen molar-refractivity contribution in [1.82, 2.24) is 14.8 Å². The Morgan fingerprint density at radius 3 is 2.67 bits per heavy atom. The Bertz CT molecular complexity index is 285. The van der Waals surface area contributed by atoms with E-state index in [4.69, 9.17) is 5.73 Å². The number of rotatable bonds is 2. The monoisotopic (exact) mass is 166 g/mol. The number of aromatic nitrogens is 3. The molecule has 0 atom stereocenters. The Morgan fingerprint density at radius 1 is 1.58 bits per heavy atom. The summed E-state index contributed by atoms with van der Waals surface area (Å²) >= 11 is 0. The van der Waals surface area contributed by atoms with Crippen molar-refractivity contribution in [2.45, 2.75) is 32.2 Å². The van der Waals surface area contributed by atoms with Crippen LogP contribution in [0.25, 0.3) is 0 Å². The minimum atomic E-state index is 0.0879. The van der Waals surface area contributed by atoms with Crippen LogP contribution in [0.15, 0.2) is 6.33 Å². The van der Waals surface area contributed by atoms with E-state index >= 15 is 0 Å². The van der Waals surface area contributed by atoms with Gasteiger partial charge in [-0.2, -0.15) is 0 Å². The fourth-order valence-corrected chi connectivity index (χ4v) is 1.53. The van der Waals surface area contributed by atoms with Gasteiger partial charge in [0.2, 0.25) is 5.95 Å². The third-order valence-electron chi connectivity index (χ3n) is 2.68. The van der Waals surface area contributed by atoms with Crippen molar-refractivity contribution in [3.8, 4) is 0 Å². The highest BCUT2D eigenvalue weighted by molar-refractivity contribution is 5.10. The van der Waals surface area contributed by atoms with E-state index in [1.165, 1.54) is 12.8 Å². The van der Waals surface area contributed by atoms with Gasteiger partial charge in [-0.1, -0.05) is 0 Å². The summed E-state index contributed by atoms with van der Waals surface area (Å²) in [5.74, 6) is 1.11. The number of anilines is 1. The zero-order chi connectivity index (χ0) is 8.77. The molecule has 0 amide bonds. The van der Waals surface area contributed by atoms with Crippen LogP contribution >= 0.6 is 0 Å². The quantitative estimate of drug-likeness (QED) is 0.713. The molecule has 0 unspecified atom stereocenters. The lowest BCUT2D eigenvalue weighted by molar-refractivity contribution is 0.274. The van der Waals surface area contributed by atoms with Gasteiger partial charge in [-0.25, -0.2) is 9.67 Å². The maximum atomic E-state index is 5.45.